The maximum absolute atomic E-state index is 13.7. The van der Waals surface area contributed by atoms with E-state index in [0.717, 1.165) is 31.6 Å². The molecular weight excluding hydrogens is 267 g/mol. The van der Waals surface area contributed by atoms with Crippen molar-refractivity contribution >= 4 is 0 Å². The lowest BCUT2D eigenvalue weighted by Crippen LogP contribution is -2.43. The van der Waals surface area contributed by atoms with Gasteiger partial charge in [0, 0.05) is 18.7 Å². The molecule has 1 saturated carbocycles. The van der Waals surface area contributed by atoms with Crippen molar-refractivity contribution in [2.75, 3.05) is 6.54 Å². The summed E-state index contributed by atoms with van der Waals surface area (Å²) in [6, 6.07) is 6.35. The van der Waals surface area contributed by atoms with Gasteiger partial charge in [0.15, 0.2) is 0 Å². The molecule has 4 heteroatoms. The highest BCUT2D eigenvalue weighted by atomic mass is 19.1. The van der Waals surface area contributed by atoms with Crippen LogP contribution < -0.4 is 5.32 Å². The summed E-state index contributed by atoms with van der Waals surface area (Å²) in [7, 11) is 0. The minimum Gasteiger partial charge on any atom is -0.389 e. The maximum atomic E-state index is 13.7. The van der Waals surface area contributed by atoms with Gasteiger partial charge in [-0.2, -0.15) is 5.26 Å². The van der Waals surface area contributed by atoms with Gasteiger partial charge in [0.1, 0.15) is 5.82 Å². The number of halogens is 1. The molecule has 0 saturated heterocycles. The van der Waals surface area contributed by atoms with Crippen LogP contribution in [0.3, 0.4) is 0 Å². The number of hydrogen-bond donors (Lipinski definition) is 2. The minimum atomic E-state index is -0.672. The Morgan fingerprint density at radius 2 is 2.14 bits per heavy atom. The fourth-order valence-corrected chi connectivity index (χ4v) is 3.01. The zero-order valence-corrected chi connectivity index (χ0v) is 12.5. The van der Waals surface area contributed by atoms with E-state index in [1.165, 1.54) is 18.6 Å². The quantitative estimate of drug-likeness (QED) is 0.876. The lowest BCUT2D eigenvalue weighted by molar-refractivity contribution is -0.00885. The van der Waals surface area contributed by atoms with Gasteiger partial charge in [0.2, 0.25) is 0 Å². The Balaban J connectivity index is 1.86. The van der Waals surface area contributed by atoms with Gasteiger partial charge in [0.05, 0.1) is 17.2 Å². The monoisotopic (exact) mass is 290 g/mol. The molecule has 0 heterocycles. The Labute approximate surface area is 125 Å². The molecule has 1 aromatic carbocycles. The van der Waals surface area contributed by atoms with E-state index in [4.69, 9.17) is 5.26 Å². The van der Waals surface area contributed by atoms with Crippen LogP contribution in [0.1, 0.15) is 50.2 Å². The largest absolute Gasteiger partial charge is 0.389 e. The van der Waals surface area contributed by atoms with Gasteiger partial charge in [0.25, 0.3) is 0 Å². The normalized spacial score (nSPS) is 25.5. The molecule has 1 aliphatic carbocycles. The van der Waals surface area contributed by atoms with E-state index in [1.807, 2.05) is 6.07 Å². The second kappa shape index (κ2) is 7.02. The highest BCUT2D eigenvalue weighted by Gasteiger charge is 2.32. The van der Waals surface area contributed by atoms with Crippen molar-refractivity contribution in [1.29, 1.82) is 5.26 Å². The molecule has 0 aromatic heterocycles. The fourth-order valence-electron chi connectivity index (χ4n) is 3.01. The van der Waals surface area contributed by atoms with Crippen LogP contribution in [0.2, 0.25) is 0 Å². The van der Waals surface area contributed by atoms with Crippen LogP contribution >= 0.6 is 0 Å². The molecule has 114 valence electrons. The van der Waals surface area contributed by atoms with E-state index >= 15 is 0 Å². The molecule has 0 aliphatic heterocycles. The molecule has 0 amide bonds. The van der Waals surface area contributed by atoms with Crippen molar-refractivity contribution in [1.82, 2.24) is 5.32 Å². The van der Waals surface area contributed by atoms with Crippen LogP contribution in [0.5, 0.6) is 0 Å². The van der Waals surface area contributed by atoms with E-state index in [2.05, 4.69) is 12.2 Å². The van der Waals surface area contributed by atoms with Crippen LogP contribution in [-0.4, -0.2) is 17.3 Å². The average Bonchev–Trinajstić information content (AvgIpc) is 2.50. The fraction of sp³-hybridized carbons (Fsp3) is 0.588. The predicted molar refractivity (Wildman–Crippen MR) is 80.0 cm³/mol. The minimum absolute atomic E-state index is 0.316. The zero-order valence-electron chi connectivity index (χ0n) is 12.5. The Morgan fingerprint density at radius 1 is 1.43 bits per heavy atom. The number of nitrogens with zero attached hydrogens (tertiary/aromatic N) is 1. The zero-order chi connectivity index (χ0) is 15.3. The first-order valence-corrected chi connectivity index (χ1v) is 7.68. The molecule has 0 radical (unpaired) electrons. The van der Waals surface area contributed by atoms with E-state index in [1.54, 1.807) is 6.07 Å². The number of aliphatic hydroxyl groups is 1. The van der Waals surface area contributed by atoms with Crippen molar-refractivity contribution in [2.24, 2.45) is 5.92 Å². The Kier molecular flexibility index (Phi) is 5.33. The van der Waals surface area contributed by atoms with Crippen molar-refractivity contribution in [3.05, 3.63) is 35.1 Å². The first kappa shape index (κ1) is 15.9. The third-order valence-electron chi connectivity index (χ3n) is 4.56. The summed E-state index contributed by atoms with van der Waals surface area (Å²) in [5.41, 5.74) is 0.255. The van der Waals surface area contributed by atoms with Gasteiger partial charge in [-0.05, 0) is 49.8 Å². The van der Waals surface area contributed by atoms with Crippen molar-refractivity contribution in [2.45, 2.75) is 51.2 Å². The van der Waals surface area contributed by atoms with Gasteiger partial charge in [-0.3, -0.25) is 0 Å². The molecule has 2 rings (SSSR count). The first-order valence-electron chi connectivity index (χ1n) is 7.68. The Hall–Kier alpha value is -1.44. The summed E-state index contributed by atoms with van der Waals surface area (Å²) in [5.74, 6) is 0.415. The number of nitriles is 1. The molecule has 2 N–H and O–H groups in total. The molecule has 21 heavy (non-hydrogen) atoms. The third-order valence-corrected chi connectivity index (χ3v) is 4.56. The van der Waals surface area contributed by atoms with Crippen LogP contribution in [0.25, 0.3) is 0 Å². The van der Waals surface area contributed by atoms with E-state index in [9.17, 15) is 9.50 Å². The Bertz CT molecular complexity index is 516. The van der Waals surface area contributed by atoms with Gasteiger partial charge >= 0.3 is 0 Å². The summed E-state index contributed by atoms with van der Waals surface area (Å²) in [4.78, 5) is 0. The van der Waals surface area contributed by atoms with Gasteiger partial charge < -0.3 is 10.4 Å². The van der Waals surface area contributed by atoms with Gasteiger partial charge in [-0.1, -0.05) is 13.3 Å². The highest BCUT2D eigenvalue weighted by molar-refractivity contribution is 5.33. The average molecular weight is 290 g/mol. The van der Waals surface area contributed by atoms with Crippen molar-refractivity contribution < 1.29 is 9.50 Å². The predicted octanol–water partition coefficient (Wildman–Crippen LogP) is 3.12. The Morgan fingerprint density at radius 3 is 2.76 bits per heavy atom. The van der Waals surface area contributed by atoms with E-state index in [-0.39, 0.29) is 5.82 Å². The first-order chi connectivity index (χ1) is 10.1. The summed E-state index contributed by atoms with van der Waals surface area (Å²) < 4.78 is 13.7. The second-order valence-corrected chi connectivity index (χ2v) is 6.10. The van der Waals surface area contributed by atoms with Crippen molar-refractivity contribution in [3.63, 3.8) is 0 Å². The molecule has 1 fully saturated rings. The molecular formula is C17H23FN2O. The van der Waals surface area contributed by atoms with Crippen LogP contribution in [0, 0.1) is 23.1 Å². The summed E-state index contributed by atoms with van der Waals surface area (Å²) in [5, 5.41) is 22.5. The molecule has 0 bridgehead atoms. The standard InChI is InChI=1S/C17H23FN2O/c1-2-13-5-7-17(21,8-6-13)12-20-11-15-9-14(10-19)3-4-16(15)18/h3-4,9,13,20-21H,2,5-8,11-12H2,1H3. The number of hydrogen-bond acceptors (Lipinski definition) is 3. The lowest BCUT2D eigenvalue weighted by Gasteiger charge is -2.36. The van der Waals surface area contributed by atoms with Gasteiger partial charge in [-0.15, -0.1) is 0 Å². The second-order valence-electron chi connectivity index (χ2n) is 6.10. The maximum Gasteiger partial charge on any atom is 0.127 e. The number of benzene rings is 1. The smallest absolute Gasteiger partial charge is 0.127 e. The topological polar surface area (TPSA) is 56.0 Å². The van der Waals surface area contributed by atoms with Crippen LogP contribution in [0.4, 0.5) is 4.39 Å². The summed E-state index contributed by atoms with van der Waals surface area (Å²) >= 11 is 0. The molecule has 1 aromatic rings. The molecule has 1 aliphatic rings. The SMILES string of the molecule is CCC1CCC(O)(CNCc2cc(C#N)ccc2F)CC1. The van der Waals surface area contributed by atoms with E-state index < -0.39 is 5.60 Å². The molecule has 0 unspecified atom stereocenters. The molecule has 0 spiro atoms. The number of nitrogens with one attached hydrogen (secondary N) is 1. The lowest BCUT2D eigenvalue weighted by atomic mass is 9.78. The summed E-state index contributed by atoms with van der Waals surface area (Å²) in [6.45, 7) is 3.00. The third kappa shape index (κ3) is 4.26. The molecule has 0 atom stereocenters. The van der Waals surface area contributed by atoms with Gasteiger partial charge in [-0.25, -0.2) is 4.39 Å². The van der Waals surface area contributed by atoms with Crippen LogP contribution in [-0.2, 0) is 6.54 Å². The van der Waals surface area contributed by atoms with Crippen LogP contribution in [0.15, 0.2) is 18.2 Å². The summed E-state index contributed by atoms with van der Waals surface area (Å²) in [6.07, 6.45) is 4.91. The van der Waals surface area contributed by atoms with E-state index in [0.29, 0.717) is 24.2 Å². The molecule has 3 nitrogen and oxygen atoms in total. The number of rotatable bonds is 5. The highest BCUT2D eigenvalue weighted by Crippen LogP contribution is 2.33. The van der Waals surface area contributed by atoms with Crippen molar-refractivity contribution in [3.8, 4) is 6.07 Å².